The second kappa shape index (κ2) is 9.41. The minimum atomic E-state index is -0.141. The number of nitrogens with one attached hydrogen (secondary N) is 1. The van der Waals surface area contributed by atoms with Crippen molar-refractivity contribution in [1.82, 2.24) is 24.7 Å². The largest absolute Gasteiger partial charge is 0.473 e. The van der Waals surface area contributed by atoms with Gasteiger partial charge in [-0.25, -0.2) is 0 Å². The summed E-state index contributed by atoms with van der Waals surface area (Å²) in [5.41, 5.74) is 3.57. The molecule has 0 atom stereocenters. The van der Waals surface area contributed by atoms with Gasteiger partial charge in [0.1, 0.15) is 17.7 Å². The molecule has 9 nitrogen and oxygen atoms in total. The molecule has 0 aliphatic heterocycles. The van der Waals surface area contributed by atoms with E-state index in [0.29, 0.717) is 17.4 Å². The fourth-order valence-electron chi connectivity index (χ4n) is 3.98. The van der Waals surface area contributed by atoms with E-state index in [4.69, 9.17) is 9.47 Å². The Balaban J connectivity index is 1.17. The van der Waals surface area contributed by atoms with Crippen molar-refractivity contribution in [3.63, 3.8) is 0 Å². The second-order valence-corrected chi connectivity index (χ2v) is 9.22. The average Bonchev–Trinajstić information content (AvgIpc) is 3.67. The van der Waals surface area contributed by atoms with Crippen molar-refractivity contribution in [3.05, 3.63) is 61.2 Å². The molecule has 6 rings (SSSR count). The minimum absolute atomic E-state index is 0.0740. The third-order valence-corrected chi connectivity index (χ3v) is 6.49. The van der Waals surface area contributed by atoms with Crippen molar-refractivity contribution in [2.24, 2.45) is 13.0 Å². The standard InChI is InChI=1S/C27H26N6O3/c1-33-26(32-24-15-28-16-25(31-24)35-20-3-2-4-20)22(14-30-33)23-12-9-19(13-29-23)17-7-10-21(11-8-17)36-27(34)18-5-6-18/h7-16,18,20H,2-6H2,1H3,(H,31,32). The lowest BCUT2D eigenvalue weighted by atomic mass is 9.96. The van der Waals surface area contributed by atoms with Crippen molar-refractivity contribution in [2.45, 2.75) is 38.2 Å². The van der Waals surface area contributed by atoms with Crippen LogP contribution >= 0.6 is 0 Å². The summed E-state index contributed by atoms with van der Waals surface area (Å²) in [6, 6.07) is 11.5. The fraction of sp³-hybridized carbons (Fsp3) is 0.296. The number of pyridine rings is 1. The smallest absolute Gasteiger partial charge is 0.314 e. The van der Waals surface area contributed by atoms with E-state index in [2.05, 4.69) is 25.4 Å². The number of rotatable bonds is 8. The molecule has 0 bridgehead atoms. The number of nitrogens with zero attached hydrogens (tertiary/aromatic N) is 5. The predicted octanol–water partition coefficient (Wildman–Crippen LogP) is 4.93. The molecule has 2 aliphatic carbocycles. The Hall–Kier alpha value is -4.27. The van der Waals surface area contributed by atoms with Crippen LogP contribution in [0, 0.1) is 5.92 Å². The van der Waals surface area contributed by atoms with Gasteiger partial charge in [-0.2, -0.15) is 10.1 Å². The van der Waals surface area contributed by atoms with Crippen molar-refractivity contribution < 1.29 is 14.3 Å². The van der Waals surface area contributed by atoms with Crippen LogP contribution in [-0.4, -0.2) is 36.8 Å². The summed E-state index contributed by atoms with van der Waals surface area (Å²) in [4.78, 5) is 25.4. The van der Waals surface area contributed by atoms with Gasteiger partial charge in [0.15, 0.2) is 5.82 Å². The number of esters is 1. The normalized spacial score (nSPS) is 15.2. The summed E-state index contributed by atoms with van der Waals surface area (Å²) >= 11 is 0. The molecular weight excluding hydrogens is 456 g/mol. The summed E-state index contributed by atoms with van der Waals surface area (Å²) in [6.07, 6.45) is 12.3. The lowest BCUT2D eigenvalue weighted by Gasteiger charge is -2.25. The third kappa shape index (κ3) is 4.77. The number of carbonyl (C=O) groups is 1. The molecule has 0 unspecified atom stereocenters. The molecule has 2 aliphatic rings. The highest BCUT2D eigenvalue weighted by Gasteiger charge is 2.31. The van der Waals surface area contributed by atoms with E-state index in [1.165, 1.54) is 6.42 Å². The van der Waals surface area contributed by atoms with Crippen LogP contribution in [0.25, 0.3) is 22.4 Å². The van der Waals surface area contributed by atoms with Gasteiger partial charge in [0.2, 0.25) is 5.88 Å². The highest BCUT2D eigenvalue weighted by atomic mass is 16.5. The van der Waals surface area contributed by atoms with Gasteiger partial charge in [-0.05, 0) is 55.9 Å². The van der Waals surface area contributed by atoms with E-state index in [-0.39, 0.29) is 18.0 Å². The first-order valence-electron chi connectivity index (χ1n) is 12.2. The van der Waals surface area contributed by atoms with Gasteiger partial charge in [0.05, 0.1) is 35.8 Å². The van der Waals surface area contributed by atoms with E-state index in [1.807, 2.05) is 49.6 Å². The highest BCUT2D eigenvalue weighted by Crippen LogP contribution is 2.32. The third-order valence-electron chi connectivity index (χ3n) is 6.49. The van der Waals surface area contributed by atoms with E-state index < -0.39 is 0 Å². The average molecular weight is 483 g/mol. The van der Waals surface area contributed by atoms with Gasteiger partial charge in [-0.1, -0.05) is 18.2 Å². The van der Waals surface area contributed by atoms with Gasteiger partial charge < -0.3 is 14.8 Å². The van der Waals surface area contributed by atoms with Crippen molar-refractivity contribution in [1.29, 1.82) is 0 Å². The van der Waals surface area contributed by atoms with E-state index in [0.717, 1.165) is 53.9 Å². The van der Waals surface area contributed by atoms with Crippen molar-refractivity contribution in [3.8, 4) is 34.0 Å². The van der Waals surface area contributed by atoms with E-state index in [9.17, 15) is 4.79 Å². The monoisotopic (exact) mass is 482 g/mol. The maximum absolute atomic E-state index is 11.9. The first-order valence-corrected chi connectivity index (χ1v) is 12.2. The fourth-order valence-corrected chi connectivity index (χ4v) is 3.98. The van der Waals surface area contributed by atoms with Gasteiger partial charge in [0.25, 0.3) is 0 Å². The maximum atomic E-state index is 11.9. The summed E-state index contributed by atoms with van der Waals surface area (Å²) in [6.45, 7) is 0. The molecule has 1 N–H and O–H groups in total. The molecule has 3 heterocycles. The first kappa shape index (κ1) is 22.2. The van der Waals surface area contributed by atoms with Crippen LogP contribution in [0.1, 0.15) is 32.1 Å². The molecule has 2 fully saturated rings. The Morgan fingerprint density at radius 2 is 1.78 bits per heavy atom. The Morgan fingerprint density at radius 3 is 2.47 bits per heavy atom. The lowest BCUT2D eigenvalue weighted by molar-refractivity contribution is -0.135. The zero-order valence-corrected chi connectivity index (χ0v) is 19.9. The summed E-state index contributed by atoms with van der Waals surface area (Å²) in [5.74, 6) is 2.35. The van der Waals surface area contributed by atoms with Crippen LogP contribution < -0.4 is 14.8 Å². The quantitative estimate of drug-likeness (QED) is 0.278. The molecule has 36 heavy (non-hydrogen) atoms. The van der Waals surface area contributed by atoms with Crippen LogP contribution in [-0.2, 0) is 11.8 Å². The van der Waals surface area contributed by atoms with E-state index >= 15 is 0 Å². The molecule has 0 amide bonds. The van der Waals surface area contributed by atoms with Gasteiger partial charge in [0, 0.05) is 18.8 Å². The van der Waals surface area contributed by atoms with Gasteiger partial charge in [-0.3, -0.25) is 19.4 Å². The number of benzene rings is 1. The van der Waals surface area contributed by atoms with E-state index in [1.54, 1.807) is 23.3 Å². The topological polar surface area (TPSA) is 104 Å². The Bertz CT molecular complexity index is 1380. The van der Waals surface area contributed by atoms with Crippen LogP contribution in [0.4, 0.5) is 11.6 Å². The molecule has 1 aromatic carbocycles. The van der Waals surface area contributed by atoms with Crippen LogP contribution in [0.2, 0.25) is 0 Å². The Kier molecular flexibility index (Phi) is 5.80. The molecule has 182 valence electrons. The summed E-state index contributed by atoms with van der Waals surface area (Å²) in [7, 11) is 1.86. The Morgan fingerprint density at radius 1 is 0.972 bits per heavy atom. The molecule has 0 saturated heterocycles. The zero-order chi connectivity index (χ0) is 24.5. The minimum Gasteiger partial charge on any atom is -0.473 e. The molecular formula is C27H26N6O3. The molecule has 9 heteroatoms. The zero-order valence-electron chi connectivity index (χ0n) is 19.9. The second-order valence-electron chi connectivity index (χ2n) is 9.22. The number of hydrogen-bond donors (Lipinski definition) is 1. The number of aromatic nitrogens is 5. The molecule has 0 spiro atoms. The molecule has 3 aromatic heterocycles. The SMILES string of the molecule is Cn1ncc(-c2ccc(-c3ccc(OC(=O)C4CC4)cc3)cn2)c1Nc1cncc(OC2CCC2)n1. The van der Waals surface area contributed by atoms with Crippen molar-refractivity contribution in [2.75, 3.05) is 5.32 Å². The number of hydrogen-bond acceptors (Lipinski definition) is 8. The summed E-state index contributed by atoms with van der Waals surface area (Å²) < 4.78 is 13.0. The highest BCUT2D eigenvalue weighted by molar-refractivity contribution is 5.78. The Labute approximate surface area is 208 Å². The maximum Gasteiger partial charge on any atom is 0.314 e. The molecule has 2 saturated carbocycles. The van der Waals surface area contributed by atoms with Gasteiger partial charge >= 0.3 is 5.97 Å². The summed E-state index contributed by atoms with van der Waals surface area (Å²) in [5, 5.41) is 7.72. The number of anilines is 2. The molecule has 0 radical (unpaired) electrons. The predicted molar refractivity (Wildman–Crippen MR) is 134 cm³/mol. The number of ether oxygens (including phenoxy) is 2. The van der Waals surface area contributed by atoms with Crippen molar-refractivity contribution >= 4 is 17.6 Å². The first-order chi connectivity index (χ1) is 17.6. The lowest BCUT2D eigenvalue weighted by Crippen LogP contribution is -2.25. The van der Waals surface area contributed by atoms with Crippen LogP contribution in [0.3, 0.4) is 0 Å². The van der Waals surface area contributed by atoms with Gasteiger partial charge in [-0.15, -0.1) is 0 Å². The number of carbonyl (C=O) groups excluding carboxylic acids is 1. The molecule has 4 aromatic rings. The van der Waals surface area contributed by atoms with Crippen LogP contribution in [0.15, 0.2) is 61.2 Å². The number of aryl methyl sites for hydroxylation is 1. The van der Waals surface area contributed by atoms with Crippen LogP contribution in [0.5, 0.6) is 11.6 Å².